The molecule has 1 N–H and O–H groups in total. The summed E-state index contributed by atoms with van der Waals surface area (Å²) in [4.78, 5) is 14.1. The van der Waals surface area contributed by atoms with E-state index in [0.717, 1.165) is 19.3 Å². The molecule has 0 heterocycles. The number of hydrogen-bond acceptors (Lipinski definition) is 3. The Labute approximate surface area is 104 Å². The normalized spacial score (nSPS) is 17.6. The molecule has 0 bridgehead atoms. The second-order valence-electron chi connectivity index (χ2n) is 4.83. The first-order chi connectivity index (χ1) is 8.19. The van der Waals surface area contributed by atoms with Gasteiger partial charge in [-0.25, -0.2) is 0 Å². The molecule has 1 atom stereocenters. The Kier molecular flexibility index (Phi) is 6.52. The average Bonchev–Trinajstić information content (AvgIpc) is 2.28. The van der Waals surface area contributed by atoms with Crippen LogP contribution >= 0.6 is 0 Å². The fourth-order valence-electron chi connectivity index (χ4n) is 2.04. The van der Waals surface area contributed by atoms with Crippen LogP contribution < -0.4 is 0 Å². The van der Waals surface area contributed by atoms with Crippen molar-refractivity contribution in [2.45, 2.75) is 57.6 Å². The number of aliphatic hydroxyl groups is 1. The van der Waals surface area contributed by atoms with Crippen LogP contribution in [-0.2, 0) is 9.53 Å². The molecule has 100 valence electrons. The largest absolute Gasteiger partial charge is 0.396 e. The van der Waals surface area contributed by atoms with Crippen LogP contribution in [0.25, 0.3) is 0 Å². The van der Waals surface area contributed by atoms with E-state index >= 15 is 0 Å². The zero-order valence-electron chi connectivity index (χ0n) is 11.0. The Morgan fingerprint density at radius 2 is 2.24 bits per heavy atom. The summed E-state index contributed by atoms with van der Waals surface area (Å²) in [6.45, 7) is 2.83. The highest BCUT2D eigenvalue weighted by Gasteiger charge is 2.28. The van der Waals surface area contributed by atoms with Crippen LogP contribution in [0.15, 0.2) is 0 Å². The molecule has 0 aliphatic heterocycles. The van der Waals surface area contributed by atoms with Gasteiger partial charge in [-0.2, -0.15) is 0 Å². The van der Waals surface area contributed by atoms with Crippen LogP contribution in [0.1, 0.15) is 45.4 Å². The minimum atomic E-state index is 0.139. The number of carbonyl (C=O) groups excluding carboxylic acids is 1. The molecule has 0 saturated heterocycles. The number of methoxy groups -OCH3 is 1. The average molecular weight is 243 g/mol. The fraction of sp³-hybridized carbons (Fsp3) is 0.923. The Morgan fingerprint density at radius 1 is 1.53 bits per heavy atom. The summed E-state index contributed by atoms with van der Waals surface area (Å²) >= 11 is 0. The lowest BCUT2D eigenvalue weighted by molar-refractivity contribution is -0.136. The first kappa shape index (κ1) is 14.5. The van der Waals surface area contributed by atoms with Crippen molar-refractivity contribution in [1.29, 1.82) is 0 Å². The van der Waals surface area contributed by atoms with Gasteiger partial charge >= 0.3 is 0 Å². The van der Waals surface area contributed by atoms with Crippen molar-refractivity contribution < 1.29 is 14.6 Å². The van der Waals surface area contributed by atoms with E-state index in [1.54, 1.807) is 7.11 Å². The van der Waals surface area contributed by atoms with Gasteiger partial charge in [0, 0.05) is 32.7 Å². The van der Waals surface area contributed by atoms with Gasteiger partial charge in [-0.3, -0.25) is 4.79 Å². The highest BCUT2D eigenvalue weighted by atomic mass is 16.5. The van der Waals surface area contributed by atoms with Crippen LogP contribution in [0.3, 0.4) is 0 Å². The molecule has 0 spiro atoms. The Morgan fingerprint density at radius 3 is 2.71 bits per heavy atom. The zero-order valence-corrected chi connectivity index (χ0v) is 11.0. The van der Waals surface area contributed by atoms with Crippen molar-refractivity contribution in [1.82, 2.24) is 4.90 Å². The Bertz CT molecular complexity index is 229. The van der Waals surface area contributed by atoms with Crippen LogP contribution in [0.4, 0.5) is 0 Å². The molecule has 1 amide bonds. The number of nitrogens with zero attached hydrogens (tertiary/aromatic N) is 1. The summed E-state index contributed by atoms with van der Waals surface area (Å²) in [7, 11) is 1.67. The van der Waals surface area contributed by atoms with E-state index in [2.05, 4.69) is 0 Å². The summed E-state index contributed by atoms with van der Waals surface area (Å²) in [5.41, 5.74) is 0. The lowest BCUT2D eigenvalue weighted by atomic mass is 9.91. The van der Waals surface area contributed by atoms with Gasteiger partial charge in [-0.1, -0.05) is 0 Å². The number of aliphatic hydroxyl groups excluding tert-OH is 1. The van der Waals surface area contributed by atoms with Gasteiger partial charge in [0.2, 0.25) is 5.91 Å². The van der Waals surface area contributed by atoms with Crippen molar-refractivity contribution in [3.05, 3.63) is 0 Å². The van der Waals surface area contributed by atoms with Gasteiger partial charge in [-0.05, 0) is 39.0 Å². The van der Waals surface area contributed by atoms with Crippen molar-refractivity contribution in [2.24, 2.45) is 0 Å². The van der Waals surface area contributed by atoms with Gasteiger partial charge in [0.1, 0.15) is 0 Å². The van der Waals surface area contributed by atoms with E-state index in [0.29, 0.717) is 25.4 Å². The number of carbonyl (C=O) groups is 1. The molecule has 0 aromatic carbocycles. The third-order valence-corrected chi connectivity index (χ3v) is 3.56. The van der Waals surface area contributed by atoms with Crippen molar-refractivity contribution in [3.63, 3.8) is 0 Å². The minimum Gasteiger partial charge on any atom is -0.396 e. The van der Waals surface area contributed by atoms with Gasteiger partial charge in [0.05, 0.1) is 6.10 Å². The van der Waals surface area contributed by atoms with Crippen LogP contribution in [0.5, 0.6) is 0 Å². The predicted octanol–water partition coefficient (Wildman–Crippen LogP) is 1.56. The van der Waals surface area contributed by atoms with Gasteiger partial charge in [0.15, 0.2) is 0 Å². The van der Waals surface area contributed by atoms with Crippen LogP contribution in [0.2, 0.25) is 0 Å². The van der Waals surface area contributed by atoms with E-state index in [-0.39, 0.29) is 18.6 Å². The summed E-state index contributed by atoms with van der Waals surface area (Å²) in [5.74, 6) is 0.215. The molecule has 1 fully saturated rings. The molecule has 4 heteroatoms. The molecular weight excluding hydrogens is 218 g/mol. The molecule has 0 radical (unpaired) electrons. The van der Waals surface area contributed by atoms with Crippen molar-refractivity contribution in [3.8, 4) is 0 Å². The summed E-state index contributed by atoms with van der Waals surface area (Å²) in [6.07, 6.45) is 5.62. The van der Waals surface area contributed by atoms with Gasteiger partial charge < -0.3 is 14.7 Å². The first-order valence-corrected chi connectivity index (χ1v) is 6.62. The lowest BCUT2D eigenvalue weighted by Gasteiger charge is -2.37. The molecule has 1 aliphatic rings. The number of rotatable bonds is 8. The Balaban J connectivity index is 2.36. The molecular formula is C13H25NO3. The van der Waals surface area contributed by atoms with E-state index in [1.165, 1.54) is 6.42 Å². The number of ether oxygens (including phenoxy) is 1. The maximum Gasteiger partial charge on any atom is 0.222 e. The smallest absolute Gasteiger partial charge is 0.222 e. The maximum atomic E-state index is 12.1. The number of hydrogen-bond donors (Lipinski definition) is 1. The second-order valence-corrected chi connectivity index (χ2v) is 4.83. The zero-order chi connectivity index (χ0) is 12.7. The van der Waals surface area contributed by atoms with Crippen LogP contribution in [-0.4, -0.2) is 48.3 Å². The first-order valence-electron chi connectivity index (χ1n) is 6.62. The summed E-state index contributed by atoms with van der Waals surface area (Å²) in [5, 5.41) is 8.87. The molecule has 1 aliphatic carbocycles. The molecule has 0 aromatic rings. The molecule has 1 unspecified atom stereocenters. The lowest BCUT2D eigenvalue weighted by Crippen LogP contribution is -2.45. The van der Waals surface area contributed by atoms with Crippen LogP contribution in [0, 0.1) is 0 Å². The summed E-state index contributed by atoms with van der Waals surface area (Å²) < 4.78 is 5.15. The predicted molar refractivity (Wildman–Crippen MR) is 66.8 cm³/mol. The van der Waals surface area contributed by atoms with E-state index in [9.17, 15) is 4.79 Å². The fourth-order valence-corrected chi connectivity index (χ4v) is 2.04. The molecule has 0 aromatic heterocycles. The maximum absolute atomic E-state index is 12.1. The molecule has 17 heavy (non-hydrogen) atoms. The minimum absolute atomic E-state index is 0.139. The van der Waals surface area contributed by atoms with E-state index in [1.807, 2.05) is 11.8 Å². The van der Waals surface area contributed by atoms with E-state index in [4.69, 9.17) is 9.84 Å². The summed E-state index contributed by atoms with van der Waals surface area (Å²) in [6, 6.07) is 0.423. The van der Waals surface area contributed by atoms with Crippen molar-refractivity contribution >= 4 is 5.91 Å². The van der Waals surface area contributed by atoms with E-state index < -0.39 is 0 Å². The molecule has 1 saturated carbocycles. The monoisotopic (exact) mass is 243 g/mol. The van der Waals surface area contributed by atoms with Gasteiger partial charge in [-0.15, -0.1) is 0 Å². The highest BCUT2D eigenvalue weighted by Crippen LogP contribution is 2.25. The van der Waals surface area contributed by atoms with Crippen molar-refractivity contribution in [2.75, 3.05) is 20.3 Å². The standard InChI is InChI=1S/C13H25NO3/c1-11(17-2)7-8-13(16)14(9-4-10-15)12-5-3-6-12/h11-12,15H,3-10H2,1-2H3. The number of amides is 1. The second kappa shape index (κ2) is 7.67. The quantitative estimate of drug-likeness (QED) is 0.704. The third-order valence-electron chi connectivity index (χ3n) is 3.56. The molecule has 4 nitrogen and oxygen atoms in total. The Hall–Kier alpha value is -0.610. The molecule has 1 rings (SSSR count). The SMILES string of the molecule is COC(C)CCC(=O)N(CCCO)C1CCC1. The van der Waals surface area contributed by atoms with Gasteiger partial charge in [0.25, 0.3) is 0 Å². The third kappa shape index (κ3) is 4.64. The highest BCUT2D eigenvalue weighted by molar-refractivity contribution is 5.76. The topological polar surface area (TPSA) is 49.8 Å².